The monoisotopic (exact) mass is 233 g/mol. The number of nitrogens with zero attached hydrogens (tertiary/aromatic N) is 1. The Hall–Kier alpha value is -1.71. The molecular weight excluding hydrogens is 214 g/mol. The first kappa shape index (κ1) is 11.8. The van der Waals surface area contributed by atoms with E-state index in [0.717, 1.165) is 12.5 Å². The quantitative estimate of drug-likeness (QED) is 0.778. The van der Waals surface area contributed by atoms with Crippen molar-refractivity contribution in [2.45, 2.75) is 13.3 Å². The van der Waals surface area contributed by atoms with Crippen molar-refractivity contribution in [3.8, 4) is 0 Å². The van der Waals surface area contributed by atoms with Gasteiger partial charge in [-0.1, -0.05) is 6.92 Å². The first-order valence-electron chi connectivity index (χ1n) is 5.89. The second-order valence-electron chi connectivity index (χ2n) is 5.01. The highest BCUT2D eigenvalue weighted by molar-refractivity contribution is 5.99. The maximum absolute atomic E-state index is 12.2. The van der Waals surface area contributed by atoms with Crippen molar-refractivity contribution in [2.24, 2.45) is 11.8 Å². The molecule has 0 radical (unpaired) electrons. The van der Waals surface area contributed by atoms with Crippen molar-refractivity contribution in [3.63, 3.8) is 0 Å². The molecule has 0 aromatic heterocycles. The molecule has 0 heterocycles. The fourth-order valence-corrected chi connectivity index (χ4v) is 2.07. The van der Waals surface area contributed by atoms with Gasteiger partial charge in [0.15, 0.2) is 0 Å². The smallest absolute Gasteiger partial charge is 0.255 e. The zero-order valence-corrected chi connectivity index (χ0v) is 10.3. The minimum absolute atomic E-state index is 0.0263. The number of hydrogen-bond acceptors (Lipinski definition) is 3. The molecule has 1 aromatic rings. The number of amides is 1. The summed E-state index contributed by atoms with van der Waals surface area (Å²) in [5.74, 6) is 1.37. The number of rotatable bonds is 3. The highest BCUT2D eigenvalue weighted by Gasteiger charge is 2.34. The van der Waals surface area contributed by atoms with E-state index in [0.29, 0.717) is 22.9 Å². The molecule has 0 saturated heterocycles. The molecule has 1 amide bonds. The summed E-state index contributed by atoms with van der Waals surface area (Å²) >= 11 is 0. The maximum Gasteiger partial charge on any atom is 0.255 e. The summed E-state index contributed by atoms with van der Waals surface area (Å²) in [6, 6.07) is 5.03. The first-order chi connectivity index (χ1) is 7.99. The molecule has 2 rings (SSSR count). The van der Waals surface area contributed by atoms with Crippen LogP contribution in [-0.4, -0.2) is 24.4 Å². The molecular formula is C13H19N3O. The van der Waals surface area contributed by atoms with Crippen LogP contribution in [-0.2, 0) is 0 Å². The molecule has 4 heteroatoms. The van der Waals surface area contributed by atoms with Crippen molar-refractivity contribution in [1.82, 2.24) is 4.90 Å². The summed E-state index contributed by atoms with van der Waals surface area (Å²) < 4.78 is 0. The van der Waals surface area contributed by atoms with Crippen molar-refractivity contribution in [3.05, 3.63) is 23.8 Å². The summed E-state index contributed by atoms with van der Waals surface area (Å²) in [5, 5.41) is 0. The van der Waals surface area contributed by atoms with Gasteiger partial charge >= 0.3 is 0 Å². The van der Waals surface area contributed by atoms with Gasteiger partial charge in [-0.25, -0.2) is 0 Å². The van der Waals surface area contributed by atoms with E-state index in [-0.39, 0.29) is 5.91 Å². The Labute approximate surface area is 102 Å². The average molecular weight is 233 g/mol. The van der Waals surface area contributed by atoms with Crippen molar-refractivity contribution in [1.29, 1.82) is 0 Å². The zero-order chi connectivity index (χ0) is 12.6. The van der Waals surface area contributed by atoms with E-state index >= 15 is 0 Å². The molecule has 92 valence electrons. The molecule has 1 fully saturated rings. The molecule has 2 unspecified atom stereocenters. The molecule has 1 aromatic carbocycles. The molecule has 1 aliphatic carbocycles. The largest absolute Gasteiger partial charge is 0.399 e. The summed E-state index contributed by atoms with van der Waals surface area (Å²) in [6.07, 6.45) is 1.22. The predicted molar refractivity (Wildman–Crippen MR) is 69.5 cm³/mol. The Balaban J connectivity index is 2.07. The van der Waals surface area contributed by atoms with Crippen LogP contribution >= 0.6 is 0 Å². The van der Waals surface area contributed by atoms with Gasteiger partial charge in [-0.2, -0.15) is 0 Å². The van der Waals surface area contributed by atoms with Gasteiger partial charge in [0.2, 0.25) is 0 Å². The number of carbonyl (C=O) groups is 1. The van der Waals surface area contributed by atoms with E-state index in [4.69, 9.17) is 11.5 Å². The van der Waals surface area contributed by atoms with Crippen LogP contribution in [0.5, 0.6) is 0 Å². The van der Waals surface area contributed by atoms with E-state index in [1.54, 1.807) is 23.1 Å². The minimum atomic E-state index is -0.0263. The lowest BCUT2D eigenvalue weighted by atomic mass is 10.1. The van der Waals surface area contributed by atoms with Gasteiger partial charge in [-0.15, -0.1) is 0 Å². The molecule has 17 heavy (non-hydrogen) atoms. The molecule has 4 N–H and O–H groups in total. The highest BCUT2D eigenvalue weighted by atomic mass is 16.2. The second-order valence-corrected chi connectivity index (χ2v) is 5.01. The van der Waals surface area contributed by atoms with Crippen molar-refractivity contribution >= 4 is 17.3 Å². The SMILES string of the molecule is CC1CC1CN(C)C(=O)c1ccc(N)cc1N. The van der Waals surface area contributed by atoms with E-state index < -0.39 is 0 Å². The second kappa shape index (κ2) is 4.28. The Morgan fingerprint density at radius 3 is 2.65 bits per heavy atom. The van der Waals surface area contributed by atoms with E-state index in [1.807, 2.05) is 7.05 Å². The average Bonchev–Trinajstić information content (AvgIpc) is 2.93. The third kappa shape index (κ3) is 2.52. The van der Waals surface area contributed by atoms with Gasteiger partial charge in [0, 0.05) is 25.0 Å². The lowest BCUT2D eigenvalue weighted by molar-refractivity contribution is 0.0788. The summed E-state index contributed by atoms with van der Waals surface area (Å²) in [7, 11) is 1.82. The first-order valence-corrected chi connectivity index (χ1v) is 5.89. The zero-order valence-electron chi connectivity index (χ0n) is 10.3. The van der Waals surface area contributed by atoms with Crippen LogP contribution in [0.2, 0.25) is 0 Å². The normalized spacial score (nSPS) is 22.2. The van der Waals surface area contributed by atoms with Gasteiger partial charge in [0.1, 0.15) is 0 Å². The summed E-state index contributed by atoms with van der Waals surface area (Å²) in [4.78, 5) is 13.9. The Morgan fingerprint density at radius 2 is 2.12 bits per heavy atom. The van der Waals surface area contributed by atoms with Crippen LogP contribution in [0.3, 0.4) is 0 Å². The lowest BCUT2D eigenvalue weighted by Gasteiger charge is -2.18. The molecule has 0 spiro atoms. The van der Waals surface area contributed by atoms with Gasteiger partial charge in [0.05, 0.1) is 5.56 Å². The fourth-order valence-electron chi connectivity index (χ4n) is 2.07. The standard InChI is InChI=1S/C13H19N3O/c1-8-5-9(8)7-16(2)13(17)11-4-3-10(14)6-12(11)15/h3-4,6,8-9H,5,7,14-15H2,1-2H3. The fraction of sp³-hybridized carbons (Fsp3) is 0.462. The van der Waals surface area contributed by atoms with Crippen molar-refractivity contribution < 1.29 is 4.79 Å². The number of nitrogen functional groups attached to an aromatic ring is 2. The van der Waals surface area contributed by atoms with Crippen LogP contribution in [0, 0.1) is 11.8 Å². The molecule has 2 atom stereocenters. The third-order valence-electron chi connectivity index (χ3n) is 3.44. The number of benzene rings is 1. The van der Waals surface area contributed by atoms with Gasteiger partial charge in [0.25, 0.3) is 5.91 Å². The number of hydrogen-bond donors (Lipinski definition) is 2. The highest BCUT2D eigenvalue weighted by Crippen LogP contribution is 2.38. The molecule has 4 nitrogen and oxygen atoms in total. The van der Waals surface area contributed by atoms with Gasteiger partial charge in [-0.3, -0.25) is 4.79 Å². The third-order valence-corrected chi connectivity index (χ3v) is 3.44. The van der Waals surface area contributed by atoms with Crippen LogP contribution in [0.15, 0.2) is 18.2 Å². The van der Waals surface area contributed by atoms with Crippen LogP contribution in [0.25, 0.3) is 0 Å². The van der Waals surface area contributed by atoms with E-state index in [9.17, 15) is 4.79 Å². The maximum atomic E-state index is 12.2. The van der Waals surface area contributed by atoms with Crippen LogP contribution in [0.4, 0.5) is 11.4 Å². The van der Waals surface area contributed by atoms with Crippen molar-refractivity contribution in [2.75, 3.05) is 25.1 Å². The summed E-state index contributed by atoms with van der Waals surface area (Å²) in [6.45, 7) is 3.02. The topological polar surface area (TPSA) is 72.3 Å². The number of nitrogens with two attached hydrogens (primary N) is 2. The van der Waals surface area contributed by atoms with E-state index in [2.05, 4.69) is 6.92 Å². The number of anilines is 2. The Bertz CT molecular complexity index is 444. The molecule has 0 bridgehead atoms. The van der Waals surface area contributed by atoms with Gasteiger partial charge in [-0.05, 0) is 36.5 Å². The van der Waals surface area contributed by atoms with E-state index in [1.165, 1.54) is 6.42 Å². The molecule has 1 aliphatic rings. The van der Waals surface area contributed by atoms with Crippen LogP contribution < -0.4 is 11.5 Å². The predicted octanol–water partition coefficient (Wildman–Crippen LogP) is 1.58. The number of carbonyl (C=O) groups excluding carboxylic acids is 1. The lowest BCUT2D eigenvalue weighted by Crippen LogP contribution is -2.29. The summed E-state index contributed by atoms with van der Waals surface area (Å²) in [5.41, 5.74) is 13.0. The van der Waals surface area contributed by atoms with Gasteiger partial charge < -0.3 is 16.4 Å². The molecule has 0 aliphatic heterocycles. The minimum Gasteiger partial charge on any atom is -0.399 e. The van der Waals surface area contributed by atoms with Crippen LogP contribution in [0.1, 0.15) is 23.7 Å². The Kier molecular flexibility index (Phi) is 2.96. The Morgan fingerprint density at radius 1 is 1.47 bits per heavy atom. The molecule has 1 saturated carbocycles.